The molecule has 0 aliphatic carbocycles. The molecule has 0 aliphatic rings. The Bertz CT molecular complexity index is 719. The fourth-order valence-electron chi connectivity index (χ4n) is 2.27. The van der Waals surface area contributed by atoms with Crippen molar-refractivity contribution in [1.82, 2.24) is 5.32 Å². The number of esters is 1. The van der Waals surface area contributed by atoms with Crippen LogP contribution in [0, 0.1) is 11.6 Å². The summed E-state index contributed by atoms with van der Waals surface area (Å²) in [5, 5.41) is 3.25. The minimum Gasteiger partial charge on any atom is -0.479 e. The number of carbonyl (C=O) groups is 1. The Morgan fingerprint density at radius 1 is 1.08 bits per heavy atom. The zero-order chi connectivity index (χ0) is 18.4. The minimum absolute atomic E-state index is 0.134. The standard InChI is InChI=1S/C19H21F2NO3/c1-12(15-6-9-17(20)18(21)10-15)22-11-14-4-7-16(8-5-14)25-13(2)19(23)24-3/h4-10,12-13,22H,11H2,1-3H3/t12-,13-/m0/s1. The van der Waals surface area contributed by atoms with Gasteiger partial charge in [0.2, 0.25) is 0 Å². The summed E-state index contributed by atoms with van der Waals surface area (Å²) < 4.78 is 36.3. The first kappa shape index (κ1) is 18.9. The summed E-state index contributed by atoms with van der Waals surface area (Å²) in [6, 6.07) is 11.0. The zero-order valence-electron chi connectivity index (χ0n) is 14.4. The van der Waals surface area contributed by atoms with Gasteiger partial charge < -0.3 is 14.8 Å². The third-order valence-electron chi connectivity index (χ3n) is 3.83. The third-order valence-corrected chi connectivity index (χ3v) is 3.83. The smallest absolute Gasteiger partial charge is 0.346 e. The van der Waals surface area contributed by atoms with E-state index in [4.69, 9.17) is 4.74 Å². The number of rotatable bonds is 7. The highest BCUT2D eigenvalue weighted by molar-refractivity contribution is 5.74. The molecular weight excluding hydrogens is 328 g/mol. The van der Waals surface area contributed by atoms with Crippen LogP contribution in [0.2, 0.25) is 0 Å². The number of hydrogen-bond acceptors (Lipinski definition) is 4. The summed E-state index contributed by atoms with van der Waals surface area (Å²) >= 11 is 0. The molecule has 0 aromatic heterocycles. The van der Waals surface area contributed by atoms with Gasteiger partial charge in [-0.15, -0.1) is 0 Å². The lowest BCUT2D eigenvalue weighted by molar-refractivity contribution is -0.147. The topological polar surface area (TPSA) is 47.6 Å². The van der Waals surface area contributed by atoms with Gasteiger partial charge in [0.05, 0.1) is 7.11 Å². The molecule has 4 nitrogen and oxygen atoms in total. The lowest BCUT2D eigenvalue weighted by atomic mass is 10.1. The van der Waals surface area contributed by atoms with Gasteiger partial charge in [-0.05, 0) is 49.2 Å². The van der Waals surface area contributed by atoms with Crippen molar-refractivity contribution >= 4 is 5.97 Å². The molecule has 0 heterocycles. The maximum absolute atomic E-state index is 13.3. The van der Waals surface area contributed by atoms with Crippen molar-refractivity contribution in [3.8, 4) is 5.75 Å². The van der Waals surface area contributed by atoms with E-state index in [9.17, 15) is 13.6 Å². The van der Waals surface area contributed by atoms with Crippen LogP contribution in [0.1, 0.15) is 31.0 Å². The molecule has 0 saturated carbocycles. The van der Waals surface area contributed by atoms with E-state index in [0.29, 0.717) is 17.9 Å². The van der Waals surface area contributed by atoms with E-state index < -0.39 is 23.7 Å². The molecule has 0 fully saturated rings. The highest BCUT2D eigenvalue weighted by Crippen LogP contribution is 2.18. The van der Waals surface area contributed by atoms with Gasteiger partial charge in [0.15, 0.2) is 17.7 Å². The second kappa shape index (κ2) is 8.58. The first-order valence-corrected chi connectivity index (χ1v) is 7.92. The van der Waals surface area contributed by atoms with Crippen molar-refractivity contribution in [3.05, 3.63) is 65.2 Å². The van der Waals surface area contributed by atoms with Crippen LogP contribution < -0.4 is 10.1 Å². The molecule has 2 atom stereocenters. The zero-order valence-corrected chi connectivity index (χ0v) is 14.4. The molecule has 25 heavy (non-hydrogen) atoms. The molecule has 2 aromatic rings. The summed E-state index contributed by atoms with van der Waals surface area (Å²) in [7, 11) is 1.31. The van der Waals surface area contributed by atoms with Crippen LogP contribution in [0.4, 0.5) is 8.78 Å². The van der Waals surface area contributed by atoms with Gasteiger partial charge >= 0.3 is 5.97 Å². The average Bonchev–Trinajstić information content (AvgIpc) is 2.62. The molecule has 1 N–H and O–H groups in total. The van der Waals surface area contributed by atoms with Gasteiger partial charge in [-0.25, -0.2) is 13.6 Å². The molecule has 2 aromatic carbocycles. The van der Waals surface area contributed by atoms with E-state index in [0.717, 1.165) is 11.6 Å². The largest absolute Gasteiger partial charge is 0.479 e. The SMILES string of the molecule is COC(=O)[C@H](C)Oc1ccc(CN[C@@H](C)c2ccc(F)c(F)c2)cc1. The van der Waals surface area contributed by atoms with Crippen LogP contribution in [0.25, 0.3) is 0 Å². The summed E-state index contributed by atoms with van der Waals surface area (Å²) in [5.74, 6) is -1.58. The van der Waals surface area contributed by atoms with Crippen LogP contribution in [0.5, 0.6) is 5.75 Å². The summed E-state index contributed by atoms with van der Waals surface area (Å²) in [6.07, 6.45) is -0.678. The maximum Gasteiger partial charge on any atom is 0.346 e. The normalized spacial score (nSPS) is 13.2. The number of ether oxygens (including phenoxy) is 2. The highest BCUT2D eigenvalue weighted by Gasteiger charge is 2.14. The Morgan fingerprint density at radius 3 is 2.36 bits per heavy atom. The lowest BCUT2D eigenvalue weighted by Crippen LogP contribution is -2.24. The molecule has 0 amide bonds. The van der Waals surface area contributed by atoms with Crippen molar-refractivity contribution in [2.24, 2.45) is 0 Å². The second-order valence-corrected chi connectivity index (χ2v) is 5.70. The Labute approximate surface area is 145 Å². The Morgan fingerprint density at radius 2 is 1.76 bits per heavy atom. The number of carbonyl (C=O) groups excluding carboxylic acids is 1. The Hall–Kier alpha value is -2.47. The van der Waals surface area contributed by atoms with Gasteiger partial charge in [-0.2, -0.15) is 0 Å². The molecule has 0 radical (unpaired) electrons. The first-order chi connectivity index (χ1) is 11.9. The summed E-state index contributed by atoms with van der Waals surface area (Å²) in [6.45, 7) is 4.04. The van der Waals surface area contributed by atoms with E-state index in [2.05, 4.69) is 10.1 Å². The fourth-order valence-corrected chi connectivity index (χ4v) is 2.27. The number of hydrogen-bond donors (Lipinski definition) is 1. The molecule has 134 valence electrons. The predicted octanol–water partition coefficient (Wildman–Crippen LogP) is 3.76. The fraction of sp³-hybridized carbons (Fsp3) is 0.316. The molecule has 0 spiro atoms. The first-order valence-electron chi connectivity index (χ1n) is 7.92. The number of nitrogens with one attached hydrogen (secondary N) is 1. The number of halogens is 2. The van der Waals surface area contributed by atoms with Crippen molar-refractivity contribution in [2.75, 3.05) is 7.11 Å². The molecule has 6 heteroatoms. The van der Waals surface area contributed by atoms with Crippen LogP contribution in [0.3, 0.4) is 0 Å². The predicted molar refractivity (Wildman–Crippen MR) is 90.2 cm³/mol. The van der Waals surface area contributed by atoms with Gasteiger partial charge in [-0.1, -0.05) is 18.2 Å². The maximum atomic E-state index is 13.3. The van der Waals surface area contributed by atoms with Crippen molar-refractivity contribution < 1.29 is 23.0 Å². The second-order valence-electron chi connectivity index (χ2n) is 5.70. The van der Waals surface area contributed by atoms with Crippen LogP contribution in [-0.2, 0) is 16.1 Å². The van der Waals surface area contributed by atoms with Crippen LogP contribution in [0.15, 0.2) is 42.5 Å². The molecule has 0 bridgehead atoms. The van der Waals surface area contributed by atoms with Crippen molar-refractivity contribution in [3.63, 3.8) is 0 Å². The highest BCUT2D eigenvalue weighted by atomic mass is 19.2. The van der Waals surface area contributed by atoms with E-state index >= 15 is 0 Å². The van der Waals surface area contributed by atoms with E-state index in [1.807, 2.05) is 19.1 Å². The van der Waals surface area contributed by atoms with E-state index in [1.165, 1.54) is 13.2 Å². The quantitative estimate of drug-likeness (QED) is 0.774. The van der Waals surface area contributed by atoms with Crippen LogP contribution >= 0.6 is 0 Å². The average molecular weight is 349 g/mol. The van der Waals surface area contributed by atoms with Crippen molar-refractivity contribution in [1.29, 1.82) is 0 Å². The Balaban J connectivity index is 1.90. The Kier molecular flexibility index (Phi) is 6.47. The number of methoxy groups -OCH3 is 1. The van der Waals surface area contributed by atoms with Crippen molar-refractivity contribution in [2.45, 2.75) is 32.5 Å². The molecular formula is C19H21F2NO3. The van der Waals surface area contributed by atoms with Gasteiger partial charge in [-0.3, -0.25) is 0 Å². The molecule has 0 unspecified atom stereocenters. The third kappa shape index (κ3) is 5.26. The van der Waals surface area contributed by atoms with E-state index in [1.54, 1.807) is 25.1 Å². The summed E-state index contributed by atoms with van der Waals surface area (Å²) in [5.41, 5.74) is 1.67. The van der Waals surface area contributed by atoms with E-state index in [-0.39, 0.29) is 6.04 Å². The lowest BCUT2D eigenvalue weighted by Gasteiger charge is -2.15. The molecule has 0 saturated heterocycles. The summed E-state index contributed by atoms with van der Waals surface area (Å²) in [4.78, 5) is 11.3. The van der Waals surface area contributed by atoms with Gasteiger partial charge in [0.25, 0.3) is 0 Å². The van der Waals surface area contributed by atoms with Crippen LogP contribution in [-0.4, -0.2) is 19.2 Å². The number of benzene rings is 2. The minimum atomic E-state index is -0.854. The molecule has 0 aliphatic heterocycles. The monoisotopic (exact) mass is 349 g/mol. The van der Waals surface area contributed by atoms with Gasteiger partial charge in [0.1, 0.15) is 5.75 Å². The molecule has 2 rings (SSSR count). The van der Waals surface area contributed by atoms with Gasteiger partial charge in [0, 0.05) is 12.6 Å².